The predicted octanol–water partition coefficient (Wildman–Crippen LogP) is 0.793. The van der Waals surface area contributed by atoms with E-state index < -0.39 is 0 Å². The molecule has 0 spiro atoms. The molecule has 2 aliphatic heterocycles. The van der Waals surface area contributed by atoms with Gasteiger partial charge in [-0.2, -0.15) is 5.10 Å². The Hall–Kier alpha value is -2.65. The van der Waals surface area contributed by atoms with Crippen molar-refractivity contribution >= 4 is 11.8 Å². The summed E-state index contributed by atoms with van der Waals surface area (Å²) in [5, 5.41) is 4.57. The third-order valence-corrected chi connectivity index (χ3v) is 5.19. The number of aromatic nitrogens is 2. The van der Waals surface area contributed by atoms with Crippen LogP contribution in [-0.4, -0.2) is 77.9 Å². The number of hydrogen-bond acceptors (Lipinski definition) is 6. The third-order valence-electron chi connectivity index (χ3n) is 5.19. The number of ether oxygens (including phenoxy) is 2. The number of furan rings is 1. The molecule has 9 heteroatoms. The average molecular weight is 388 g/mol. The number of piperazine rings is 1. The van der Waals surface area contributed by atoms with Gasteiger partial charge < -0.3 is 23.7 Å². The molecular weight excluding hydrogens is 364 g/mol. The van der Waals surface area contributed by atoms with Crippen LogP contribution in [-0.2, 0) is 29.0 Å². The van der Waals surface area contributed by atoms with Crippen molar-refractivity contribution in [2.75, 3.05) is 46.5 Å². The lowest BCUT2D eigenvalue weighted by Gasteiger charge is -2.34. The molecule has 0 unspecified atom stereocenters. The quantitative estimate of drug-likeness (QED) is 0.752. The van der Waals surface area contributed by atoms with E-state index >= 15 is 0 Å². The van der Waals surface area contributed by atoms with E-state index in [9.17, 15) is 9.59 Å². The van der Waals surface area contributed by atoms with Gasteiger partial charge >= 0.3 is 0 Å². The normalized spacial score (nSPS) is 16.9. The second-order valence-electron chi connectivity index (χ2n) is 6.85. The molecule has 4 rings (SSSR count). The van der Waals surface area contributed by atoms with Crippen LogP contribution in [0, 0.1) is 0 Å². The standard InChI is InChI=1S/C19H24N4O5/c1-26-12-9-23-15-4-11-27-13-14(15)17(20-23)19(25)22-7-5-21(6-8-22)18(24)16-3-2-10-28-16/h2-3,10H,4-9,11-13H2,1H3. The SMILES string of the molecule is COCCn1nc(C(=O)N2CCN(C(=O)c3ccco3)CC2)c2c1CCOC2. The van der Waals surface area contributed by atoms with Gasteiger partial charge in [-0.15, -0.1) is 0 Å². The maximum Gasteiger partial charge on any atom is 0.289 e. The Kier molecular flexibility index (Phi) is 5.45. The molecule has 0 radical (unpaired) electrons. The molecule has 2 aromatic rings. The van der Waals surface area contributed by atoms with Gasteiger partial charge in [-0.05, 0) is 12.1 Å². The molecule has 1 saturated heterocycles. The fourth-order valence-corrected chi connectivity index (χ4v) is 3.66. The van der Waals surface area contributed by atoms with Gasteiger partial charge in [0.1, 0.15) is 0 Å². The molecule has 0 bridgehead atoms. The Labute approximate surface area is 162 Å². The van der Waals surface area contributed by atoms with E-state index in [0.717, 1.165) is 17.7 Å². The molecule has 2 amide bonds. The molecule has 1 fully saturated rings. The fourth-order valence-electron chi connectivity index (χ4n) is 3.66. The maximum atomic E-state index is 13.1. The summed E-state index contributed by atoms with van der Waals surface area (Å²) in [6.45, 7) is 4.04. The minimum atomic E-state index is -0.147. The molecule has 0 N–H and O–H groups in total. The van der Waals surface area contributed by atoms with E-state index in [1.54, 1.807) is 29.0 Å². The lowest BCUT2D eigenvalue weighted by molar-refractivity contribution is 0.0511. The highest BCUT2D eigenvalue weighted by atomic mass is 16.5. The fraction of sp³-hybridized carbons (Fsp3) is 0.526. The van der Waals surface area contributed by atoms with Crippen molar-refractivity contribution in [3.05, 3.63) is 41.1 Å². The highest BCUT2D eigenvalue weighted by Gasteiger charge is 2.31. The number of nitrogens with zero attached hydrogens (tertiary/aromatic N) is 4. The van der Waals surface area contributed by atoms with E-state index in [0.29, 0.717) is 64.0 Å². The molecule has 0 atom stereocenters. The molecule has 0 saturated carbocycles. The lowest BCUT2D eigenvalue weighted by Crippen LogP contribution is -2.50. The van der Waals surface area contributed by atoms with E-state index in [2.05, 4.69) is 5.10 Å². The summed E-state index contributed by atoms with van der Waals surface area (Å²) in [5.41, 5.74) is 2.39. The number of amides is 2. The minimum Gasteiger partial charge on any atom is -0.459 e. The Bertz CT molecular complexity index is 837. The topological polar surface area (TPSA) is 90.0 Å². The van der Waals surface area contributed by atoms with Crippen LogP contribution in [0.4, 0.5) is 0 Å². The van der Waals surface area contributed by atoms with Gasteiger partial charge in [-0.1, -0.05) is 0 Å². The van der Waals surface area contributed by atoms with Crippen LogP contribution in [0.2, 0.25) is 0 Å². The number of carbonyl (C=O) groups is 2. The van der Waals surface area contributed by atoms with Crippen molar-refractivity contribution in [3.63, 3.8) is 0 Å². The van der Waals surface area contributed by atoms with Crippen molar-refractivity contribution in [1.82, 2.24) is 19.6 Å². The highest BCUT2D eigenvalue weighted by Crippen LogP contribution is 2.23. The maximum absolute atomic E-state index is 13.1. The van der Waals surface area contributed by atoms with E-state index in [1.807, 2.05) is 4.68 Å². The molecule has 2 aliphatic rings. The van der Waals surface area contributed by atoms with Gasteiger partial charge in [0.05, 0.1) is 32.6 Å². The Morgan fingerprint density at radius 3 is 2.61 bits per heavy atom. The van der Waals surface area contributed by atoms with Crippen LogP contribution in [0.1, 0.15) is 32.3 Å². The molecule has 150 valence electrons. The van der Waals surface area contributed by atoms with Crippen molar-refractivity contribution in [2.24, 2.45) is 0 Å². The Balaban J connectivity index is 1.45. The molecule has 4 heterocycles. The van der Waals surface area contributed by atoms with Crippen LogP contribution in [0.25, 0.3) is 0 Å². The van der Waals surface area contributed by atoms with Crippen LogP contribution in [0.15, 0.2) is 22.8 Å². The van der Waals surface area contributed by atoms with Crippen molar-refractivity contribution in [2.45, 2.75) is 19.6 Å². The van der Waals surface area contributed by atoms with Crippen molar-refractivity contribution in [1.29, 1.82) is 0 Å². The number of carbonyl (C=O) groups excluding carboxylic acids is 2. The first-order valence-corrected chi connectivity index (χ1v) is 9.46. The number of hydrogen-bond donors (Lipinski definition) is 0. The van der Waals surface area contributed by atoms with E-state index in [1.165, 1.54) is 6.26 Å². The third kappa shape index (κ3) is 3.55. The molecule has 0 aliphatic carbocycles. The zero-order valence-electron chi connectivity index (χ0n) is 15.9. The number of fused-ring (bicyclic) bond motifs is 1. The summed E-state index contributed by atoms with van der Waals surface area (Å²) in [7, 11) is 1.65. The van der Waals surface area contributed by atoms with Gasteiger partial charge in [0.15, 0.2) is 11.5 Å². The number of methoxy groups -OCH3 is 1. The first kappa shape index (κ1) is 18.7. The average Bonchev–Trinajstić information content (AvgIpc) is 3.40. The first-order valence-electron chi connectivity index (χ1n) is 9.46. The first-order chi connectivity index (χ1) is 13.7. The summed E-state index contributed by atoms with van der Waals surface area (Å²) in [4.78, 5) is 29.0. The van der Waals surface area contributed by atoms with Gasteiger partial charge in [-0.25, -0.2) is 0 Å². The van der Waals surface area contributed by atoms with Crippen LogP contribution < -0.4 is 0 Å². The second-order valence-corrected chi connectivity index (χ2v) is 6.85. The summed E-state index contributed by atoms with van der Waals surface area (Å²) >= 11 is 0. The van der Waals surface area contributed by atoms with Crippen LogP contribution >= 0.6 is 0 Å². The largest absolute Gasteiger partial charge is 0.459 e. The van der Waals surface area contributed by atoms with E-state index in [-0.39, 0.29) is 11.8 Å². The van der Waals surface area contributed by atoms with Crippen molar-refractivity contribution < 1.29 is 23.5 Å². The summed E-state index contributed by atoms with van der Waals surface area (Å²) in [5.74, 6) is 0.0672. The zero-order valence-corrected chi connectivity index (χ0v) is 15.9. The molecule has 2 aromatic heterocycles. The van der Waals surface area contributed by atoms with Crippen LogP contribution in [0.3, 0.4) is 0 Å². The van der Waals surface area contributed by atoms with Crippen LogP contribution in [0.5, 0.6) is 0 Å². The highest BCUT2D eigenvalue weighted by molar-refractivity contribution is 5.95. The Morgan fingerprint density at radius 2 is 1.93 bits per heavy atom. The van der Waals surface area contributed by atoms with E-state index in [4.69, 9.17) is 13.9 Å². The van der Waals surface area contributed by atoms with Gasteiger partial charge in [0, 0.05) is 51.0 Å². The van der Waals surface area contributed by atoms with Gasteiger partial charge in [-0.3, -0.25) is 14.3 Å². The summed E-state index contributed by atoms with van der Waals surface area (Å²) < 4.78 is 17.8. The monoisotopic (exact) mass is 388 g/mol. The van der Waals surface area contributed by atoms with Gasteiger partial charge in [0.25, 0.3) is 11.8 Å². The molecular formula is C19H24N4O5. The zero-order chi connectivity index (χ0) is 19.5. The molecule has 0 aromatic carbocycles. The second kappa shape index (κ2) is 8.15. The molecule has 9 nitrogen and oxygen atoms in total. The number of rotatable bonds is 5. The smallest absolute Gasteiger partial charge is 0.289 e. The predicted molar refractivity (Wildman–Crippen MR) is 98.0 cm³/mol. The summed E-state index contributed by atoms with van der Waals surface area (Å²) in [6.07, 6.45) is 2.23. The van der Waals surface area contributed by atoms with Gasteiger partial charge in [0.2, 0.25) is 0 Å². The Morgan fingerprint density at radius 1 is 1.18 bits per heavy atom. The molecule has 28 heavy (non-hydrogen) atoms. The van der Waals surface area contributed by atoms with Crippen molar-refractivity contribution in [3.8, 4) is 0 Å². The lowest BCUT2D eigenvalue weighted by atomic mass is 10.1. The summed E-state index contributed by atoms with van der Waals surface area (Å²) in [6, 6.07) is 3.34. The minimum absolute atomic E-state index is 0.108.